The number of rotatable bonds is 2. The zero-order valence-electron chi connectivity index (χ0n) is 14.8. The molecule has 26 heavy (non-hydrogen) atoms. The zero-order valence-corrected chi connectivity index (χ0v) is 14.8. The van der Waals surface area contributed by atoms with Crippen molar-refractivity contribution in [3.8, 4) is 0 Å². The minimum absolute atomic E-state index is 0.190. The Balaban J connectivity index is 2.01. The van der Waals surface area contributed by atoms with Crippen molar-refractivity contribution >= 4 is 23.5 Å². The highest BCUT2D eigenvalue weighted by molar-refractivity contribution is 6.08. The SMILES string of the molecule is C/C=N/c1cc(C)c(C(=O)N2CCc3c2cccc3C(F)(F)F)cc1C. The molecule has 1 amide bonds. The second kappa shape index (κ2) is 6.59. The predicted octanol–water partition coefficient (Wildman–Crippen LogP) is 5.25. The summed E-state index contributed by atoms with van der Waals surface area (Å²) in [5, 5.41) is 0. The Bertz CT molecular complexity index is 901. The number of halogens is 3. The fourth-order valence-corrected chi connectivity index (χ4v) is 3.37. The normalized spacial score (nSPS) is 14.2. The molecular weight excluding hydrogens is 341 g/mol. The van der Waals surface area contributed by atoms with Crippen LogP contribution in [0.3, 0.4) is 0 Å². The fraction of sp³-hybridized carbons (Fsp3) is 0.300. The lowest BCUT2D eigenvalue weighted by molar-refractivity contribution is -0.138. The van der Waals surface area contributed by atoms with Crippen molar-refractivity contribution in [2.45, 2.75) is 33.4 Å². The van der Waals surface area contributed by atoms with Crippen LogP contribution in [0, 0.1) is 13.8 Å². The molecule has 136 valence electrons. The summed E-state index contributed by atoms with van der Waals surface area (Å²) in [6.45, 7) is 5.73. The number of fused-ring (bicyclic) bond motifs is 1. The molecule has 0 bridgehead atoms. The number of aliphatic imine (C=N–C) groups is 1. The first-order valence-corrected chi connectivity index (χ1v) is 8.35. The molecule has 0 saturated heterocycles. The maximum absolute atomic E-state index is 13.2. The molecule has 0 spiro atoms. The summed E-state index contributed by atoms with van der Waals surface area (Å²) in [7, 11) is 0. The van der Waals surface area contributed by atoms with Crippen molar-refractivity contribution < 1.29 is 18.0 Å². The van der Waals surface area contributed by atoms with Gasteiger partial charge in [-0.3, -0.25) is 9.79 Å². The number of anilines is 1. The van der Waals surface area contributed by atoms with Crippen LogP contribution in [0.15, 0.2) is 35.3 Å². The maximum atomic E-state index is 13.2. The van der Waals surface area contributed by atoms with Crippen molar-refractivity contribution in [2.24, 2.45) is 4.99 Å². The number of amides is 1. The van der Waals surface area contributed by atoms with Crippen LogP contribution in [0.5, 0.6) is 0 Å². The fourth-order valence-electron chi connectivity index (χ4n) is 3.37. The Kier molecular flexibility index (Phi) is 4.61. The Morgan fingerprint density at radius 3 is 2.58 bits per heavy atom. The van der Waals surface area contributed by atoms with Gasteiger partial charge in [0.05, 0.1) is 11.3 Å². The Morgan fingerprint density at radius 2 is 1.92 bits per heavy atom. The highest BCUT2D eigenvalue weighted by Crippen LogP contribution is 2.40. The molecule has 0 fully saturated rings. The number of carbonyl (C=O) groups excluding carboxylic acids is 1. The minimum atomic E-state index is -4.42. The summed E-state index contributed by atoms with van der Waals surface area (Å²) in [6, 6.07) is 7.58. The van der Waals surface area contributed by atoms with Crippen molar-refractivity contribution in [1.82, 2.24) is 0 Å². The van der Waals surface area contributed by atoms with E-state index in [4.69, 9.17) is 0 Å². The van der Waals surface area contributed by atoms with Crippen LogP contribution in [0.25, 0.3) is 0 Å². The van der Waals surface area contributed by atoms with E-state index in [1.165, 1.54) is 11.0 Å². The molecule has 0 unspecified atom stereocenters. The van der Waals surface area contributed by atoms with Gasteiger partial charge in [0, 0.05) is 24.0 Å². The molecule has 0 aromatic heterocycles. The first-order chi connectivity index (χ1) is 12.2. The quantitative estimate of drug-likeness (QED) is 0.674. The second-order valence-electron chi connectivity index (χ2n) is 6.35. The summed E-state index contributed by atoms with van der Waals surface area (Å²) in [5.74, 6) is -0.282. The van der Waals surface area contributed by atoms with Gasteiger partial charge in [-0.05, 0) is 68.1 Å². The maximum Gasteiger partial charge on any atom is 0.416 e. The molecule has 1 heterocycles. The average Bonchev–Trinajstić information content (AvgIpc) is 3.00. The summed E-state index contributed by atoms with van der Waals surface area (Å²) in [6.07, 6.45) is -2.54. The number of alkyl halides is 3. The van der Waals surface area contributed by atoms with E-state index in [1.807, 2.05) is 26.8 Å². The largest absolute Gasteiger partial charge is 0.416 e. The number of nitrogens with zero attached hydrogens (tertiary/aromatic N) is 2. The second-order valence-corrected chi connectivity index (χ2v) is 6.35. The van der Waals surface area contributed by atoms with Crippen LogP contribution >= 0.6 is 0 Å². The molecule has 0 aliphatic carbocycles. The minimum Gasteiger partial charge on any atom is -0.308 e. The number of hydrogen-bond acceptors (Lipinski definition) is 2. The number of benzene rings is 2. The topological polar surface area (TPSA) is 32.7 Å². The van der Waals surface area contributed by atoms with E-state index >= 15 is 0 Å². The molecule has 2 aromatic rings. The molecule has 2 aromatic carbocycles. The van der Waals surface area contributed by atoms with Crippen LogP contribution in [-0.4, -0.2) is 18.7 Å². The first-order valence-electron chi connectivity index (χ1n) is 8.35. The van der Waals surface area contributed by atoms with E-state index in [0.717, 1.165) is 22.9 Å². The van der Waals surface area contributed by atoms with Gasteiger partial charge in [0.25, 0.3) is 5.91 Å². The van der Waals surface area contributed by atoms with Gasteiger partial charge in [-0.25, -0.2) is 0 Å². The summed E-state index contributed by atoms with van der Waals surface area (Å²) < 4.78 is 39.6. The summed E-state index contributed by atoms with van der Waals surface area (Å²) >= 11 is 0. The highest BCUT2D eigenvalue weighted by Gasteiger charge is 2.38. The van der Waals surface area contributed by atoms with Gasteiger partial charge in [0.15, 0.2) is 0 Å². The van der Waals surface area contributed by atoms with E-state index in [9.17, 15) is 18.0 Å². The number of hydrogen-bond donors (Lipinski definition) is 0. The van der Waals surface area contributed by atoms with Crippen LogP contribution in [0.1, 0.15) is 39.5 Å². The van der Waals surface area contributed by atoms with E-state index < -0.39 is 11.7 Å². The predicted molar refractivity (Wildman–Crippen MR) is 96.6 cm³/mol. The molecule has 0 atom stereocenters. The summed E-state index contributed by atoms with van der Waals surface area (Å²) in [4.78, 5) is 18.7. The molecule has 0 N–H and O–H groups in total. The van der Waals surface area contributed by atoms with Crippen LogP contribution < -0.4 is 4.90 Å². The third-order valence-corrected chi connectivity index (χ3v) is 4.62. The lowest BCUT2D eigenvalue weighted by Crippen LogP contribution is -2.29. The average molecular weight is 360 g/mol. The molecular formula is C20H19F3N2O. The van der Waals surface area contributed by atoms with Crippen molar-refractivity contribution in [3.05, 3.63) is 58.1 Å². The van der Waals surface area contributed by atoms with Gasteiger partial charge in [0.2, 0.25) is 0 Å². The van der Waals surface area contributed by atoms with Crippen LogP contribution in [0.2, 0.25) is 0 Å². The smallest absolute Gasteiger partial charge is 0.308 e. The van der Waals surface area contributed by atoms with Crippen molar-refractivity contribution in [2.75, 3.05) is 11.4 Å². The van der Waals surface area contributed by atoms with Crippen LogP contribution in [0.4, 0.5) is 24.5 Å². The molecule has 0 saturated carbocycles. The summed E-state index contributed by atoms with van der Waals surface area (Å²) in [5.41, 5.74) is 2.74. The third kappa shape index (κ3) is 3.11. The lowest BCUT2D eigenvalue weighted by Gasteiger charge is -2.20. The van der Waals surface area contributed by atoms with Gasteiger partial charge in [-0.2, -0.15) is 13.2 Å². The van der Waals surface area contributed by atoms with Gasteiger partial charge < -0.3 is 4.90 Å². The van der Waals surface area contributed by atoms with Crippen molar-refractivity contribution in [3.63, 3.8) is 0 Å². The first kappa shape index (κ1) is 18.2. The Morgan fingerprint density at radius 1 is 1.19 bits per heavy atom. The number of carbonyl (C=O) groups is 1. The van der Waals surface area contributed by atoms with E-state index in [2.05, 4.69) is 4.99 Å². The third-order valence-electron chi connectivity index (χ3n) is 4.62. The van der Waals surface area contributed by atoms with E-state index in [0.29, 0.717) is 11.3 Å². The van der Waals surface area contributed by atoms with E-state index in [-0.39, 0.29) is 24.4 Å². The van der Waals surface area contributed by atoms with Gasteiger partial charge >= 0.3 is 6.18 Å². The molecule has 6 heteroatoms. The standard InChI is InChI=1S/C20H19F3N2O/c1-4-24-17-11-12(2)15(10-13(17)3)19(26)25-9-8-14-16(20(21,22)23)6-5-7-18(14)25/h4-7,10-11H,8-9H2,1-3H3/b24-4+. The molecule has 1 aliphatic rings. The zero-order chi connectivity index (χ0) is 19.1. The van der Waals surface area contributed by atoms with Crippen LogP contribution in [-0.2, 0) is 12.6 Å². The Labute approximate surface area is 150 Å². The molecule has 3 rings (SSSR count). The van der Waals surface area contributed by atoms with Gasteiger partial charge in [-0.1, -0.05) is 6.07 Å². The Hall–Kier alpha value is -2.63. The number of aryl methyl sites for hydroxylation is 2. The molecule has 1 aliphatic heterocycles. The van der Waals surface area contributed by atoms with Gasteiger partial charge in [0.1, 0.15) is 0 Å². The van der Waals surface area contributed by atoms with Gasteiger partial charge in [-0.15, -0.1) is 0 Å². The highest BCUT2D eigenvalue weighted by atomic mass is 19.4. The molecule has 0 radical (unpaired) electrons. The molecule has 3 nitrogen and oxygen atoms in total. The monoisotopic (exact) mass is 360 g/mol. The van der Waals surface area contributed by atoms with Crippen molar-refractivity contribution in [1.29, 1.82) is 0 Å². The lowest BCUT2D eigenvalue weighted by atomic mass is 10.0. The van der Waals surface area contributed by atoms with E-state index in [1.54, 1.807) is 18.3 Å².